The maximum absolute atomic E-state index is 13.2. The van der Waals surface area contributed by atoms with Gasteiger partial charge in [-0.1, -0.05) is 5.21 Å². The lowest BCUT2D eigenvalue weighted by Gasteiger charge is -2.24. The number of rotatable bonds is 2. The number of aromatic nitrogens is 5. The lowest BCUT2D eigenvalue weighted by Crippen LogP contribution is -2.44. The molecule has 0 aromatic carbocycles. The van der Waals surface area contributed by atoms with E-state index in [4.69, 9.17) is 0 Å². The van der Waals surface area contributed by atoms with Crippen molar-refractivity contribution in [3.63, 3.8) is 0 Å². The molecule has 1 N–H and O–H groups in total. The molecule has 2 unspecified atom stereocenters. The third-order valence-electron chi connectivity index (χ3n) is 5.00. The lowest BCUT2D eigenvalue weighted by molar-refractivity contribution is -0.184. The number of fused-ring (bicyclic) bond motifs is 2. The molecule has 0 saturated heterocycles. The minimum Gasteiger partial charge on any atom is -0.347 e. The van der Waals surface area contributed by atoms with Crippen LogP contribution >= 0.6 is 0 Å². The average molecular weight is 342 g/mol. The van der Waals surface area contributed by atoms with Crippen molar-refractivity contribution in [1.82, 2.24) is 29.7 Å². The minimum absolute atomic E-state index is 0.0792. The molecular formula is C13H13F3N6O2. The number of nitrogens with zero attached hydrogens (tertiary/aromatic N) is 5. The number of imidazole rings is 1. The van der Waals surface area contributed by atoms with E-state index in [-0.39, 0.29) is 17.3 Å². The topological polar surface area (TPSA) is 94.2 Å². The van der Waals surface area contributed by atoms with Crippen LogP contribution in [0.1, 0.15) is 23.3 Å². The monoisotopic (exact) mass is 342 g/mol. The number of halogens is 3. The summed E-state index contributed by atoms with van der Waals surface area (Å²) in [6.07, 6.45) is -2.30. The second-order valence-electron chi connectivity index (χ2n) is 6.34. The normalized spacial score (nSPS) is 28.8. The lowest BCUT2D eigenvalue weighted by atomic mass is 9.82. The molecular weight excluding hydrogens is 329 g/mol. The molecule has 0 aliphatic heterocycles. The van der Waals surface area contributed by atoms with E-state index in [0.717, 1.165) is 15.4 Å². The third-order valence-corrected chi connectivity index (χ3v) is 5.00. The Kier molecular flexibility index (Phi) is 3.00. The molecule has 24 heavy (non-hydrogen) atoms. The Bertz CT molecular complexity index is 882. The van der Waals surface area contributed by atoms with E-state index in [1.54, 1.807) is 0 Å². The Hall–Kier alpha value is -2.46. The van der Waals surface area contributed by atoms with E-state index < -0.39 is 35.7 Å². The van der Waals surface area contributed by atoms with Crippen LogP contribution < -0.4 is 11.0 Å². The number of hydrogen-bond acceptors (Lipinski definition) is 5. The molecule has 2 heterocycles. The van der Waals surface area contributed by atoms with E-state index in [0.29, 0.717) is 12.8 Å². The van der Waals surface area contributed by atoms with E-state index in [1.807, 2.05) is 0 Å². The number of hydrogen-bond donors (Lipinski definition) is 1. The van der Waals surface area contributed by atoms with E-state index in [1.165, 1.54) is 7.05 Å². The van der Waals surface area contributed by atoms with Gasteiger partial charge in [0.15, 0.2) is 11.3 Å². The Morgan fingerprint density at radius 1 is 1.33 bits per heavy atom. The minimum atomic E-state index is -4.35. The fourth-order valence-corrected chi connectivity index (χ4v) is 3.82. The second-order valence-corrected chi connectivity index (χ2v) is 6.34. The van der Waals surface area contributed by atoms with Crippen molar-refractivity contribution in [3.05, 3.63) is 22.5 Å². The van der Waals surface area contributed by atoms with Gasteiger partial charge in [-0.05, 0) is 24.7 Å². The molecule has 1 amide bonds. The summed E-state index contributed by atoms with van der Waals surface area (Å²) in [6.45, 7) is 0. The van der Waals surface area contributed by atoms with Crippen molar-refractivity contribution in [2.75, 3.05) is 0 Å². The maximum Gasteiger partial charge on any atom is 0.394 e. The summed E-state index contributed by atoms with van der Waals surface area (Å²) in [5.74, 6) is -2.89. The summed E-state index contributed by atoms with van der Waals surface area (Å²) in [6, 6.07) is -0.959. The molecule has 2 aromatic heterocycles. The van der Waals surface area contributed by atoms with Gasteiger partial charge in [0.25, 0.3) is 5.91 Å². The summed E-state index contributed by atoms with van der Waals surface area (Å²) in [5, 5.41) is 9.73. The van der Waals surface area contributed by atoms with Crippen molar-refractivity contribution in [2.24, 2.45) is 24.8 Å². The van der Waals surface area contributed by atoms with Crippen LogP contribution in [0.5, 0.6) is 0 Å². The fraction of sp³-hybridized carbons (Fsp3) is 0.615. The maximum atomic E-state index is 13.2. The Balaban J connectivity index is 1.64. The number of nitrogens with one attached hydrogen (secondary N) is 1. The zero-order valence-corrected chi connectivity index (χ0v) is 12.5. The average Bonchev–Trinajstić information content (AvgIpc) is 3.11. The molecule has 5 rings (SSSR count). The number of amides is 1. The Labute approximate surface area is 132 Å². The van der Waals surface area contributed by atoms with Crippen LogP contribution in [-0.2, 0) is 7.05 Å². The van der Waals surface area contributed by atoms with Crippen molar-refractivity contribution in [3.8, 4) is 0 Å². The molecule has 3 saturated carbocycles. The summed E-state index contributed by atoms with van der Waals surface area (Å²) in [5.41, 5.74) is -0.836. The van der Waals surface area contributed by atoms with Crippen molar-refractivity contribution < 1.29 is 18.0 Å². The van der Waals surface area contributed by atoms with Gasteiger partial charge in [-0.2, -0.15) is 17.9 Å². The molecule has 0 spiro atoms. The number of alkyl halides is 3. The van der Waals surface area contributed by atoms with Crippen molar-refractivity contribution >= 4 is 11.6 Å². The van der Waals surface area contributed by atoms with E-state index in [2.05, 4.69) is 20.6 Å². The number of carbonyl (C=O) groups excluding carboxylic acids is 1. The molecule has 8 nitrogen and oxygen atoms in total. The van der Waals surface area contributed by atoms with Crippen molar-refractivity contribution in [2.45, 2.75) is 25.1 Å². The number of carbonyl (C=O) groups is 1. The van der Waals surface area contributed by atoms with Gasteiger partial charge in [0.1, 0.15) is 6.33 Å². The molecule has 3 aliphatic carbocycles. The quantitative estimate of drug-likeness (QED) is 0.838. The highest BCUT2D eigenvalue weighted by molar-refractivity contribution is 5.98. The van der Waals surface area contributed by atoms with Crippen LogP contribution in [0.25, 0.3) is 5.65 Å². The van der Waals surface area contributed by atoms with Gasteiger partial charge in [0.05, 0.1) is 5.92 Å². The predicted octanol–water partition coefficient (Wildman–Crippen LogP) is 0.140. The van der Waals surface area contributed by atoms with Crippen LogP contribution in [0, 0.1) is 17.8 Å². The molecule has 0 radical (unpaired) electrons. The zero-order valence-electron chi connectivity index (χ0n) is 12.5. The highest BCUT2D eigenvalue weighted by atomic mass is 19.4. The molecule has 3 fully saturated rings. The SMILES string of the molecule is Cn1nnc2c(C(=O)NC3C4CC(C4)C3C(F)(F)F)ncn2c1=O. The largest absolute Gasteiger partial charge is 0.394 e. The first kappa shape index (κ1) is 15.1. The van der Waals surface area contributed by atoms with Gasteiger partial charge in [-0.3, -0.25) is 4.79 Å². The molecule has 11 heteroatoms. The smallest absolute Gasteiger partial charge is 0.347 e. The van der Waals surface area contributed by atoms with Gasteiger partial charge >= 0.3 is 11.9 Å². The zero-order chi connectivity index (χ0) is 17.2. The summed E-state index contributed by atoms with van der Waals surface area (Å²) in [4.78, 5) is 28.1. The Morgan fingerprint density at radius 3 is 2.71 bits per heavy atom. The second kappa shape index (κ2) is 4.77. The van der Waals surface area contributed by atoms with Crippen LogP contribution in [0.15, 0.2) is 11.1 Å². The fourth-order valence-electron chi connectivity index (χ4n) is 3.82. The highest BCUT2D eigenvalue weighted by Crippen LogP contribution is 2.57. The highest BCUT2D eigenvalue weighted by Gasteiger charge is 2.62. The summed E-state index contributed by atoms with van der Waals surface area (Å²) < 4.78 is 41.6. The van der Waals surface area contributed by atoms with Gasteiger partial charge in [-0.15, -0.1) is 5.10 Å². The van der Waals surface area contributed by atoms with E-state index >= 15 is 0 Å². The molecule has 2 atom stereocenters. The Morgan fingerprint density at radius 2 is 2.04 bits per heavy atom. The predicted molar refractivity (Wildman–Crippen MR) is 73.0 cm³/mol. The van der Waals surface area contributed by atoms with Crippen LogP contribution in [0.2, 0.25) is 0 Å². The molecule has 2 bridgehead atoms. The van der Waals surface area contributed by atoms with Gasteiger partial charge in [-0.25, -0.2) is 14.2 Å². The first-order valence-corrected chi connectivity index (χ1v) is 7.42. The first-order valence-electron chi connectivity index (χ1n) is 7.42. The summed E-state index contributed by atoms with van der Waals surface area (Å²) >= 11 is 0. The van der Waals surface area contributed by atoms with Gasteiger partial charge in [0, 0.05) is 13.1 Å². The molecule has 2 aromatic rings. The first-order chi connectivity index (χ1) is 11.3. The van der Waals surface area contributed by atoms with E-state index in [9.17, 15) is 22.8 Å². The van der Waals surface area contributed by atoms with Crippen LogP contribution in [0.3, 0.4) is 0 Å². The van der Waals surface area contributed by atoms with Crippen LogP contribution in [-0.4, -0.2) is 42.5 Å². The number of aryl methyl sites for hydroxylation is 1. The third kappa shape index (κ3) is 2.03. The molecule has 128 valence electrons. The standard InChI is InChI=1S/C13H13F3N6O2/c1-21-12(24)22-4-17-9(10(22)19-20-21)11(23)18-8-6-2-5(3-6)7(8)13(14,15)16/h4-8H,2-3H2,1H3,(H,18,23). The van der Waals surface area contributed by atoms with Gasteiger partial charge < -0.3 is 5.32 Å². The molecule has 3 aliphatic rings. The van der Waals surface area contributed by atoms with Crippen LogP contribution in [0.4, 0.5) is 13.2 Å². The van der Waals surface area contributed by atoms with Crippen molar-refractivity contribution in [1.29, 1.82) is 0 Å². The summed E-state index contributed by atoms with van der Waals surface area (Å²) in [7, 11) is 1.38. The van der Waals surface area contributed by atoms with Gasteiger partial charge in [0.2, 0.25) is 0 Å².